The normalized spacial score (nSPS) is 19.6. The van der Waals surface area contributed by atoms with Gasteiger partial charge in [-0.3, -0.25) is 4.79 Å². The highest BCUT2D eigenvalue weighted by atomic mass is 16.4. The first-order valence-electron chi connectivity index (χ1n) is 7.07. The van der Waals surface area contributed by atoms with Gasteiger partial charge in [-0.2, -0.15) is 0 Å². The maximum atomic E-state index is 10.5. The molecule has 3 heteroatoms. The van der Waals surface area contributed by atoms with Crippen molar-refractivity contribution in [1.82, 2.24) is 0 Å². The average Bonchev–Trinajstić information content (AvgIpc) is 2.19. The van der Waals surface area contributed by atoms with Crippen LogP contribution < -0.4 is 5.73 Å². The molecule has 0 aromatic heterocycles. The van der Waals surface area contributed by atoms with Crippen molar-refractivity contribution < 1.29 is 9.90 Å². The summed E-state index contributed by atoms with van der Waals surface area (Å²) in [6.45, 7) is 2.07. The molecule has 0 aromatic carbocycles. The Hall–Kier alpha value is -0.570. The van der Waals surface area contributed by atoms with Gasteiger partial charge < -0.3 is 10.8 Å². The van der Waals surface area contributed by atoms with Crippen LogP contribution in [-0.4, -0.2) is 17.1 Å². The Morgan fingerprint density at radius 2 is 2.06 bits per heavy atom. The van der Waals surface area contributed by atoms with Crippen molar-refractivity contribution in [2.24, 2.45) is 17.6 Å². The molecule has 1 fully saturated rings. The van der Waals surface area contributed by atoms with Crippen LogP contribution in [0.15, 0.2) is 0 Å². The maximum absolute atomic E-state index is 10.5. The average molecular weight is 241 g/mol. The highest BCUT2D eigenvalue weighted by Gasteiger charge is 2.17. The quantitative estimate of drug-likeness (QED) is 0.609. The van der Waals surface area contributed by atoms with E-state index in [-0.39, 0.29) is 12.5 Å². The monoisotopic (exact) mass is 241 g/mol. The summed E-state index contributed by atoms with van der Waals surface area (Å²) in [5, 5.41) is 8.66. The van der Waals surface area contributed by atoms with Gasteiger partial charge in [-0.05, 0) is 18.3 Å². The molecule has 0 aromatic rings. The number of unbranched alkanes of at least 4 members (excludes halogenated alkanes) is 2. The van der Waals surface area contributed by atoms with Crippen LogP contribution in [-0.2, 0) is 4.79 Å². The summed E-state index contributed by atoms with van der Waals surface area (Å²) in [5.74, 6) is 0.561. The molecule has 3 N–H and O–H groups in total. The van der Waals surface area contributed by atoms with Crippen LogP contribution in [0.4, 0.5) is 0 Å². The predicted molar refractivity (Wildman–Crippen MR) is 69.8 cm³/mol. The minimum Gasteiger partial charge on any atom is -0.481 e. The summed E-state index contributed by atoms with van der Waals surface area (Å²) in [7, 11) is 0. The zero-order valence-corrected chi connectivity index (χ0v) is 11.0. The summed E-state index contributed by atoms with van der Waals surface area (Å²) in [5.41, 5.74) is 5.83. The first-order valence-corrected chi connectivity index (χ1v) is 7.07. The summed E-state index contributed by atoms with van der Waals surface area (Å²) in [6.07, 6.45) is 10.7. The van der Waals surface area contributed by atoms with Crippen molar-refractivity contribution in [3.63, 3.8) is 0 Å². The molecular weight excluding hydrogens is 214 g/mol. The number of rotatable bonds is 9. The Bertz CT molecular complexity index is 226. The van der Waals surface area contributed by atoms with Crippen molar-refractivity contribution in [2.45, 2.75) is 70.8 Å². The molecule has 0 aliphatic heterocycles. The number of carbonyl (C=O) groups is 1. The topological polar surface area (TPSA) is 63.3 Å². The lowest BCUT2D eigenvalue weighted by molar-refractivity contribution is -0.137. The van der Waals surface area contributed by atoms with E-state index in [1.54, 1.807) is 0 Å². The van der Waals surface area contributed by atoms with Gasteiger partial charge in [-0.15, -0.1) is 0 Å². The molecule has 1 saturated carbocycles. The van der Waals surface area contributed by atoms with Gasteiger partial charge in [0.05, 0.1) is 6.42 Å². The zero-order chi connectivity index (χ0) is 12.7. The van der Waals surface area contributed by atoms with E-state index in [0.717, 1.165) is 12.3 Å². The van der Waals surface area contributed by atoms with Crippen molar-refractivity contribution in [2.75, 3.05) is 0 Å². The smallest absolute Gasteiger partial charge is 0.304 e. The van der Waals surface area contributed by atoms with Crippen molar-refractivity contribution in [1.29, 1.82) is 0 Å². The Balaban J connectivity index is 1.94. The zero-order valence-electron chi connectivity index (χ0n) is 11.0. The minimum absolute atomic E-state index is 0.100. The number of carboxylic acids is 1. The molecule has 17 heavy (non-hydrogen) atoms. The van der Waals surface area contributed by atoms with Gasteiger partial charge >= 0.3 is 5.97 Å². The number of nitrogens with two attached hydrogens (primary N) is 1. The second kappa shape index (κ2) is 7.70. The number of hydrogen-bond donors (Lipinski definition) is 2. The first kappa shape index (κ1) is 14.5. The van der Waals surface area contributed by atoms with Gasteiger partial charge in [0.15, 0.2) is 0 Å². The van der Waals surface area contributed by atoms with Crippen molar-refractivity contribution in [3.8, 4) is 0 Å². The van der Waals surface area contributed by atoms with E-state index in [9.17, 15) is 4.79 Å². The van der Waals surface area contributed by atoms with Gasteiger partial charge in [0.2, 0.25) is 0 Å². The van der Waals surface area contributed by atoms with E-state index < -0.39 is 5.97 Å². The van der Waals surface area contributed by atoms with Crippen LogP contribution in [0.25, 0.3) is 0 Å². The summed E-state index contributed by atoms with van der Waals surface area (Å²) in [4.78, 5) is 10.5. The number of carboxylic acid groups (broad SMARTS) is 1. The third-order valence-electron chi connectivity index (χ3n) is 4.14. The molecule has 1 aliphatic carbocycles. The Morgan fingerprint density at radius 1 is 1.35 bits per heavy atom. The highest BCUT2D eigenvalue weighted by molar-refractivity contribution is 5.67. The Kier molecular flexibility index (Phi) is 6.56. The molecule has 0 bridgehead atoms. The summed E-state index contributed by atoms with van der Waals surface area (Å²) < 4.78 is 0. The van der Waals surface area contributed by atoms with Crippen LogP contribution >= 0.6 is 0 Å². The summed E-state index contributed by atoms with van der Waals surface area (Å²) >= 11 is 0. The highest BCUT2D eigenvalue weighted by Crippen LogP contribution is 2.31. The molecule has 0 saturated heterocycles. The molecule has 0 radical (unpaired) electrons. The fourth-order valence-corrected chi connectivity index (χ4v) is 2.47. The number of aliphatic carboxylic acids is 1. The lowest BCUT2D eigenvalue weighted by atomic mass is 9.81. The maximum Gasteiger partial charge on any atom is 0.304 e. The van der Waals surface area contributed by atoms with Crippen LogP contribution in [0.5, 0.6) is 0 Å². The third kappa shape index (κ3) is 6.06. The minimum atomic E-state index is -0.783. The third-order valence-corrected chi connectivity index (χ3v) is 4.14. The lowest BCUT2D eigenvalue weighted by Gasteiger charge is -2.25. The molecule has 2 unspecified atom stereocenters. The number of hydrogen-bond acceptors (Lipinski definition) is 2. The molecular formula is C14H27NO2. The van der Waals surface area contributed by atoms with E-state index in [4.69, 9.17) is 10.8 Å². The second-order valence-electron chi connectivity index (χ2n) is 5.67. The largest absolute Gasteiger partial charge is 0.481 e. The lowest BCUT2D eigenvalue weighted by Crippen LogP contribution is -2.30. The van der Waals surface area contributed by atoms with Crippen molar-refractivity contribution in [3.05, 3.63) is 0 Å². The predicted octanol–water partition coefficient (Wildman–Crippen LogP) is 3.18. The second-order valence-corrected chi connectivity index (χ2v) is 5.67. The molecule has 2 atom stereocenters. The standard InChI is InChI=1S/C14H27NO2/c1-11(13(15)10-14(16)17)6-3-2-4-7-12-8-5-9-12/h11-13H,2-10,15H2,1H3,(H,16,17). The fourth-order valence-electron chi connectivity index (χ4n) is 2.47. The molecule has 1 rings (SSSR count). The fraction of sp³-hybridized carbons (Fsp3) is 0.929. The molecule has 0 amide bonds. The Labute approximate surface area is 105 Å². The molecule has 0 spiro atoms. The van der Waals surface area contributed by atoms with Gasteiger partial charge in [0.25, 0.3) is 0 Å². The Morgan fingerprint density at radius 3 is 2.59 bits per heavy atom. The van der Waals surface area contributed by atoms with E-state index in [0.29, 0.717) is 5.92 Å². The van der Waals surface area contributed by atoms with Gasteiger partial charge in [-0.1, -0.05) is 51.9 Å². The molecule has 100 valence electrons. The SMILES string of the molecule is CC(CCCCCC1CCC1)C(N)CC(=O)O. The van der Waals surface area contributed by atoms with Crippen LogP contribution in [0.1, 0.15) is 64.7 Å². The molecule has 0 heterocycles. The van der Waals surface area contributed by atoms with Crippen LogP contribution in [0.3, 0.4) is 0 Å². The van der Waals surface area contributed by atoms with E-state index in [1.807, 2.05) is 0 Å². The van der Waals surface area contributed by atoms with E-state index >= 15 is 0 Å². The van der Waals surface area contributed by atoms with E-state index in [2.05, 4.69) is 6.92 Å². The van der Waals surface area contributed by atoms with Crippen molar-refractivity contribution >= 4 is 5.97 Å². The summed E-state index contributed by atoms with van der Waals surface area (Å²) in [6, 6.07) is -0.181. The van der Waals surface area contributed by atoms with Crippen LogP contribution in [0.2, 0.25) is 0 Å². The van der Waals surface area contributed by atoms with Gasteiger partial charge in [0.1, 0.15) is 0 Å². The van der Waals surface area contributed by atoms with Gasteiger partial charge in [0, 0.05) is 6.04 Å². The first-order chi connectivity index (χ1) is 8.09. The molecule has 1 aliphatic rings. The van der Waals surface area contributed by atoms with E-state index in [1.165, 1.54) is 44.9 Å². The van der Waals surface area contributed by atoms with Crippen LogP contribution in [0, 0.1) is 11.8 Å². The van der Waals surface area contributed by atoms with Gasteiger partial charge in [-0.25, -0.2) is 0 Å². The molecule has 3 nitrogen and oxygen atoms in total.